The van der Waals surface area contributed by atoms with E-state index in [1.807, 2.05) is 36.4 Å². The van der Waals surface area contributed by atoms with Crippen molar-refractivity contribution < 1.29 is 0 Å². The van der Waals surface area contributed by atoms with E-state index in [0.29, 0.717) is 39.4 Å². The molecule has 2 aromatic carbocycles. The van der Waals surface area contributed by atoms with E-state index >= 15 is 0 Å². The zero-order chi connectivity index (χ0) is 25.8. The number of pyridine rings is 1. The first-order valence-corrected chi connectivity index (χ1v) is 12.7. The minimum absolute atomic E-state index is 0.189. The molecular formula is C25H20ClN7O3S. The Morgan fingerprint density at radius 3 is 2.51 bits per heavy atom. The molecule has 0 saturated carbocycles. The lowest BCUT2D eigenvalue weighted by Gasteiger charge is -2.08. The quantitative estimate of drug-likeness (QED) is 0.341. The first kappa shape index (κ1) is 23.3. The summed E-state index contributed by atoms with van der Waals surface area (Å²) in [5.74, 6) is 0.870. The smallest absolute Gasteiger partial charge is 0.322 e. The van der Waals surface area contributed by atoms with Gasteiger partial charge in [0.1, 0.15) is 0 Å². The molecule has 12 heteroatoms. The van der Waals surface area contributed by atoms with Crippen LogP contribution in [0.4, 0.5) is 0 Å². The van der Waals surface area contributed by atoms with Crippen LogP contribution in [0.3, 0.4) is 0 Å². The van der Waals surface area contributed by atoms with Crippen LogP contribution >= 0.6 is 23.4 Å². The number of aromatic amines is 1. The minimum atomic E-state index is -0.451. The summed E-state index contributed by atoms with van der Waals surface area (Å²) in [5.41, 5.74) is 2.19. The van der Waals surface area contributed by atoms with Gasteiger partial charge in [-0.15, -0.1) is 10.2 Å². The van der Waals surface area contributed by atoms with Crippen molar-refractivity contribution in [3.05, 3.63) is 102 Å². The highest BCUT2D eigenvalue weighted by Gasteiger charge is 2.24. The molecule has 1 N–H and O–H groups in total. The zero-order valence-electron chi connectivity index (χ0n) is 19.8. The number of rotatable bonds is 5. The third-order valence-electron chi connectivity index (χ3n) is 6.40. The van der Waals surface area contributed by atoms with Crippen LogP contribution in [0.5, 0.6) is 0 Å². The molecule has 0 aliphatic rings. The maximum Gasteiger partial charge on any atom is 0.332 e. The lowest BCUT2D eigenvalue weighted by molar-refractivity contribution is 0.697. The van der Waals surface area contributed by atoms with Crippen LogP contribution in [0.1, 0.15) is 11.1 Å². The lowest BCUT2D eigenvalue weighted by Crippen LogP contribution is -2.37. The van der Waals surface area contributed by atoms with Crippen molar-refractivity contribution in [3.8, 4) is 0 Å². The number of nitrogens with zero attached hydrogens (tertiary/aromatic N) is 6. The largest absolute Gasteiger partial charge is 0.332 e. The third-order valence-corrected chi connectivity index (χ3v) is 7.63. The molecular weight excluding hydrogens is 514 g/mol. The molecule has 186 valence electrons. The molecule has 37 heavy (non-hydrogen) atoms. The van der Waals surface area contributed by atoms with Gasteiger partial charge in [0.15, 0.2) is 16.3 Å². The molecule has 10 nitrogen and oxygen atoms in total. The Morgan fingerprint density at radius 2 is 1.73 bits per heavy atom. The zero-order valence-corrected chi connectivity index (χ0v) is 21.4. The summed E-state index contributed by atoms with van der Waals surface area (Å²) in [6, 6.07) is 16.5. The Hall–Kier alpha value is -4.09. The Balaban J connectivity index is 1.53. The van der Waals surface area contributed by atoms with Gasteiger partial charge in [-0.25, -0.2) is 9.20 Å². The van der Waals surface area contributed by atoms with Crippen LogP contribution in [0.25, 0.3) is 27.8 Å². The van der Waals surface area contributed by atoms with E-state index in [1.54, 1.807) is 34.2 Å². The number of aromatic nitrogens is 7. The summed E-state index contributed by atoms with van der Waals surface area (Å²) in [7, 11) is 3.08. The van der Waals surface area contributed by atoms with Crippen LogP contribution in [0, 0.1) is 0 Å². The molecule has 4 aromatic heterocycles. The van der Waals surface area contributed by atoms with Gasteiger partial charge in [0.25, 0.3) is 5.56 Å². The number of aryl methyl sites for hydroxylation is 1. The molecule has 0 radical (unpaired) electrons. The van der Waals surface area contributed by atoms with Gasteiger partial charge in [-0.05, 0) is 29.3 Å². The van der Waals surface area contributed by atoms with Crippen LogP contribution in [0.15, 0.2) is 74.1 Å². The molecule has 6 rings (SSSR count). The van der Waals surface area contributed by atoms with Crippen LogP contribution in [-0.4, -0.2) is 33.3 Å². The molecule has 0 aliphatic heterocycles. The second-order valence-electron chi connectivity index (χ2n) is 8.70. The van der Waals surface area contributed by atoms with Gasteiger partial charge in [0.05, 0.1) is 6.54 Å². The van der Waals surface area contributed by atoms with E-state index in [9.17, 15) is 14.4 Å². The number of thioether (sulfide) groups is 1. The SMILES string of the molecule is Cn1c(=O)c2c(n(C)c1=O)n1c(SCc3cc(=O)[nH]c4ccccc34)nnc1n2Cc1ccc(Cl)cc1. The topological polar surface area (TPSA) is 112 Å². The van der Waals surface area contributed by atoms with E-state index in [1.165, 1.54) is 23.4 Å². The molecule has 0 unspecified atom stereocenters. The summed E-state index contributed by atoms with van der Waals surface area (Å²) in [5, 5.41) is 10.8. The van der Waals surface area contributed by atoms with Crippen molar-refractivity contribution in [2.24, 2.45) is 14.1 Å². The molecule has 4 heterocycles. The molecule has 0 atom stereocenters. The maximum absolute atomic E-state index is 13.3. The van der Waals surface area contributed by atoms with Crippen molar-refractivity contribution in [2.75, 3.05) is 0 Å². The number of benzene rings is 2. The number of hydrogen-bond acceptors (Lipinski definition) is 6. The second kappa shape index (κ2) is 8.79. The fourth-order valence-electron chi connectivity index (χ4n) is 4.58. The Morgan fingerprint density at radius 1 is 0.973 bits per heavy atom. The van der Waals surface area contributed by atoms with Gasteiger partial charge in [-0.2, -0.15) is 0 Å². The van der Waals surface area contributed by atoms with Gasteiger partial charge in [-0.3, -0.25) is 23.3 Å². The van der Waals surface area contributed by atoms with Crippen LogP contribution in [0.2, 0.25) is 5.02 Å². The normalized spacial score (nSPS) is 11.8. The average Bonchev–Trinajstić information content (AvgIpc) is 3.44. The van der Waals surface area contributed by atoms with Gasteiger partial charge >= 0.3 is 5.69 Å². The number of halogens is 1. The molecule has 0 amide bonds. The van der Waals surface area contributed by atoms with Crippen molar-refractivity contribution in [1.82, 2.24) is 33.3 Å². The number of nitrogens with one attached hydrogen (secondary N) is 1. The Bertz CT molecular complexity index is 2020. The van der Waals surface area contributed by atoms with Gasteiger partial charge < -0.3 is 4.98 Å². The van der Waals surface area contributed by atoms with Crippen molar-refractivity contribution in [1.29, 1.82) is 0 Å². The number of hydrogen-bond donors (Lipinski definition) is 1. The van der Waals surface area contributed by atoms with Gasteiger partial charge in [0.2, 0.25) is 11.3 Å². The third kappa shape index (κ3) is 3.78. The van der Waals surface area contributed by atoms with E-state index < -0.39 is 11.2 Å². The summed E-state index contributed by atoms with van der Waals surface area (Å²) < 4.78 is 6.01. The number of imidazole rings is 1. The number of para-hydroxylation sites is 1. The molecule has 0 aliphatic carbocycles. The van der Waals surface area contributed by atoms with E-state index in [2.05, 4.69) is 15.2 Å². The Labute approximate surface area is 217 Å². The molecule has 0 spiro atoms. The average molecular weight is 534 g/mol. The monoisotopic (exact) mass is 533 g/mol. The summed E-state index contributed by atoms with van der Waals surface area (Å²) in [6.45, 7) is 0.332. The highest BCUT2D eigenvalue weighted by Crippen LogP contribution is 2.28. The summed E-state index contributed by atoms with van der Waals surface area (Å²) in [6.07, 6.45) is 0. The summed E-state index contributed by atoms with van der Waals surface area (Å²) >= 11 is 7.43. The van der Waals surface area contributed by atoms with Crippen molar-refractivity contribution in [2.45, 2.75) is 17.5 Å². The maximum atomic E-state index is 13.3. The second-order valence-corrected chi connectivity index (χ2v) is 10.1. The standard InChI is InChI=1S/C25H20ClN7O3S/c1-30-21-20(22(35)31(2)25(30)36)32(12-14-7-9-16(26)10-8-14)23-28-29-24(33(21)23)37-13-15-11-19(34)27-18-6-4-3-5-17(15)18/h3-11H,12-13H2,1-2H3,(H,27,34). The first-order valence-electron chi connectivity index (χ1n) is 11.3. The molecule has 0 fully saturated rings. The Kier molecular flexibility index (Phi) is 5.54. The number of fused-ring (bicyclic) bond motifs is 4. The molecule has 6 aromatic rings. The van der Waals surface area contributed by atoms with Crippen LogP contribution < -0.4 is 16.8 Å². The van der Waals surface area contributed by atoms with Crippen LogP contribution in [-0.2, 0) is 26.4 Å². The number of H-pyrrole nitrogens is 1. The molecule has 0 bridgehead atoms. The van der Waals surface area contributed by atoms with Crippen molar-refractivity contribution in [3.63, 3.8) is 0 Å². The highest BCUT2D eigenvalue weighted by atomic mass is 35.5. The lowest BCUT2D eigenvalue weighted by atomic mass is 10.1. The predicted octanol–water partition coefficient (Wildman–Crippen LogP) is 2.92. The van der Waals surface area contributed by atoms with Crippen molar-refractivity contribution >= 4 is 51.2 Å². The van der Waals surface area contributed by atoms with E-state index in [4.69, 9.17) is 11.6 Å². The van der Waals surface area contributed by atoms with Gasteiger partial charge in [0, 0.05) is 41.8 Å². The highest BCUT2D eigenvalue weighted by molar-refractivity contribution is 7.98. The minimum Gasteiger partial charge on any atom is -0.322 e. The fourth-order valence-corrected chi connectivity index (χ4v) is 5.63. The first-order chi connectivity index (χ1) is 17.8. The fraction of sp³-hybridized carbons (Fsp3) is 0.160. The summed E-state index contributed by atoms with van der Waals surface area (Å²) in [4.78, 5) is 41.2. The van der Waals surface area contributed by atoms with Gasteiger partial charge in [-0.1, -0.05) is 53.7 Å². The molecule has 0 saturated heterocycles. The predicted molar refractivity (Wildman–Crippen MR) is 144 cm³/mol. The van der Waals surface area contributed by atoms with E-state index in [0.717, 1.165) is 26.6 Å². The van der Waals surface area contributed by atoms with E-state index in [-0.39, 0.29) is 5.56 Å².